The van der Waals surface area contributed by atoms with Crippen molar-refractivity contribution in [3.8, 4) is 0 Å². The van der Waals surface area contributed by atoms with Gasteiger partial charge in [-0.3, -0.25) is 0 Å². The molecule has 2 heterocycles. The Labute approximate surface area is 116 Å². The average molecular weight is 278 g/mol. The molecule has 3 nitrogen and oxygen atoms in total. The molecule has 0 saturated heterocycles. The minimum absolute atomic E-state index is 0.494. The van der Waals surface area contributed by atoms with E-state index < -0.39 is 11.6 Å². The molecule has 0 atom stereocenters. The Balaban J connectivity index is 1.98. The summed E-state index contributed by atoms with van der Waals surface area (Å²) in [6.45, 7) is 5.01. The van der Waals surface area contributed by atoms with Gasteiger partial charge >= 0.3 is 0 Å². The zero-order valence-corrected chi connectivity index (χ0v) is 11.5. The maximum absolute atomic E-state index is 14.1. The van der Waals surface area contributed by atoms with E-state index in [0.717, 1.165) is 41.6 Å². The van der Waals surface area contributed by atoms with E-state index in [4.69, 9.17) is 4.52 Å². The lowest BCUT2D eigenvalue weighted by molar-refractivity contribution is 0.392. The molecule has 1 aromatic carbocycles. The Morgan fingerprint density at radius 2 is 2.10 bits per heavy atom. The highest BCUT2D eigenvalue weighted by Gasteiger charge is 2.24. The van der Waals surface area contributed by atoms with Gasteiger partial charge < -0.3 is 9.42 Å². The maximum Gasteiger partial charge on any atom is 0.149 e. The van der Waals surface area contributed by atoms with Crippen LogP contribution in [0.1, 0.15) is 29.0 Å². The second-order valence-corrected chi connectivity index (χ2v) is 5.22. The molecule has 0 unspecified atom stereocenters. The van der Waals surface area contributed by atoms with Crippen molar-refractivity contribution < 1.29 is 13.3 Å². The van der Waals surface area contributed by atoms with Crippen LogP contribution in [-0.4, -0.2) is 11.7 Å². The minimum atomic E-state index is -0.513. The fraction of sp³-hybridized carbons (Fsp3) is 0.400. The molecule has 0 bridgehead atoms. The Morgan fingerprint density at radius 3 is 2.80 bits per heavy atom. The van der Waals surface area contributed by atoms with E-state index in [2.05, 4.69) is 5.16 Å². The first kappa shape index (κ1) is 13.1. The van der Waals surface area contributed by atoms with Gasteiger partial charge in [-0.05, 0) is 38.3 Å². The fourth-order valence-corrected chi connectivity index (χ4v) is 2.81. The molecule has 1 aliphatic heterocycles. The number of aryl methyl sites for hydroxylation is 3. The molecule has 0 radical (unpaired) electrons. The van der Waals surface area contributed by atoms with Gasteiger partial charge in [0.15, 0.2) is 0 Å². The third-order valence-electron chi connectivity index (χ3n) is 3.83. The Kier molecular flexibility index (Phi) is 3.20. The molecule has 0 N–H and O–H groups in total. The van der Waals surface area contributed by atoms with Gasteiger partial charge in [0.2, 0.25) is 0 Å². The van der Waals surface area contributed by atoms with Crippen molar-refractivity contribution in [3.63, 3.8) is 0 Å². The predicted molar refractivity (Wildman–Crippen MR) is 71.7 cm³/mol. The number of nitrogens with zero attached hydrogens (tertiary/aromatic N) is 2. The van der Waals surface area contributed by atoms with Crippen molar-refractivity contribution in [2.24, 2.45) is 0 Å². The lowest BCUT2D eigenvalue weighted by Crippen LogP contribution is -2.30. The van der Waals surface area contributed by atoms with Crippen LogP contribution in [0.4, 0.5) is 14.5 Å². The quantitative estimate of drug-likeness (QED) is 0.841. The number of hydrogen-bond acceptors (Lipinski definition) is 3. The number of hydrogen-bond donors (Lipinski definition) is 0. The van der Waals surface area contributed by atoms with Crippen molar-refractivity contribution in [2.45, 2.75) is 33.2 Å². The first-order chi connectivity index (χ1) is 9.56. The Morgan fingerprint density at radius 1 is 1.30 bits per heavy atom. The summed E-state index contributed by atoms with van der Waals surface area (Å²) in [4.78, 5) is 1.94. The molecule has 20 heavy (non-hydrogen) atoms. The van der Waals surface area contributed by atoms with Crippen molar-refractivity contribution in [1.82, 2.24) is 5.16 Å². The number of rotatable bonds is 2. The minimum Gasteiger partial charge on any atom is -0.364 e. The van der Waals surface area contributed by atoms with Gasteiger partial charge in [0, 0.05) is 24.7 Å². The van der Waals surface area contributed by atoms with E-state index in [1.807, 2.05) is 18.7 Å². The van der Waals surface area contributed by atoms with Crippen LogP contribution in [0.5, 0.6) is 0 Å². The Bertz CT molecular complexity index is 632. The van der Waals surface area contributed by atoms with E-state index in [0.29, 0.717) is 18.7 Å². The normalized spacial score (nSPS) is 14.5. The molecule has 0 saturated carbocycles. The van der Waals surface area contributed by atoms with Crippen LogP contribution in [0.2, 0.25) is 0 Å². The molecule has 3 rings (SSSR count). The first-order valence-electron chi connectivity index (χ1n) is 6.71. The van der Waals surface area contributed by atoms with Crippen LogP contribution in [0.25, 0.3) is 0 Å². The van der Waals surface area contributed by atoms with Gasteiger partial charge in [0.25, 0.3) is 0 Å². The highest BCUT2D eigenvalue weighted by atomic mass is 19.1. The van der Waals surface area contributed by atoms with Crippen molar-refractivity contribution in [3.05, 3.63) is 46.3 Å². The van der Waals surface area contributed by atoms with Crippen LogP contribution in [0.3, 0.4) is 0 Å². The largest absolute Gasteiger partial charge is 0.364 e. The number of benzene rings is 1. The third kappa shape index (κ3) is 2.17. The second-order valence-electron chi connectivity index (χ2n) is 5.22. The fourth-order valence-electron chi connectivity index (χ4n) is 2.81. The van der Waals surface area contributed by atoms with Crippen LogP contribution in [-0.2, 0) is 13.0 Å². The molecule has 0 spiro atoms. The highest BCUT2D eigenvalue weighted by Crippen LogP contribution is 2.32. The lowest BCUT2D eigenvalue weighted by Gasteiger charge is -2.31. The summed E-state index contributed by atoms with van der Waals surface area (Å²) in [7, 11) is 0. The van der Waals surface area contributed by atoms with Crippen molar-refractivity contribution >= 4 is 5.69 Å². The van der Waals surface area contributed by atoms with Gasteiger partial charge in [0.1, 0.15) is 17.4 Å². The maximum atomic E-state index is 14.1. The van der Waals surface area contributed by atoms with Gasteiger partial charge in [-0.25, -0.2) is 8.78 Å². The van der Waals surface area contributed by atoms with E-state index in [1.165, 1.54) is 6.07 Å². The molecule has 0 amide bonds. The SMILES string of the molecule is Cc1noc(C)c1CN1CCCc2cc(F)cc(F)c21. The molecule has 1 aromatic heterocycles. The number of aromatic nitrogens is 1. The van der Waals surface area contributed by atoms with Crippen LogP contribution >= 0.6 is 0 Å². The van der Waals surface area contributed by atoms with E-state index in [1.54, 1.807) is 0 Å². The first-order valence-corrected chi connectivity index (χ1v) is 6.71. The number of anilines is 1. The lowest BCUT2D eigenvalue weighted by atomic mass is 10.00. The van der Waals surface area contributed by atoms with Gasteiger partial charge in [-0.15, -0.1) is 0 Å². The molecule has 5 heteroatoms. The average Bonchev–Trinajstić information content (AvgIpc) is 2.70. The van der Waals surface area contributed by atoms with E-state index >= 15 is 0 Å². The van der Waals surface area contributed by atoms with Crippen molar-refractivity contribution in [2.75, 3.05) is 11.4 Å². The van der Waals surface area contributed by atoms with E-state index in [-0.39, 0.29) is 0 Å². The number of halogens is 2. The van der Waals surface area contributed by atoms with Crippen LogP contribution in [0.15, 0.2) is 16.7 Å². The zero-order valence-electron chi connectivity index (χ0n) is 11.5. The summed E-state index contributed by atoms with van der Waals surface area (Å²) >= 11 is 0. The molecule has 2 aromatic rings. The monoisotopic (exact) mass is 278 g/mol. The summed E-state index contributed by atoms with van der Waals surface area (Å²) in [5.74, 6) is -0.260. The third-order valence-corrected chi connectivity index (χ3v) is 3.83. The standard InChI is InChI=1S/C15H16F2N2O/c1-9-13(10(2)20-18-9)8-19-5-3-4-11-6-12(16)7-14(17)15(11)19/h6-7H,3-5,8H2,1-2H3. The molecule has 1 aliphatic rings. The summed E-state index contributed by atoms with van der Waals surface area (Å²) in [6, 6.07) is 2.38. The summed E-state index contributed by atoms with van der Waals surface area (Å²) in [5.41, 5.74) is 3.04. The molecule has 0 fully saturated rings. The second kappa shape index (κ2) is 4.89. The van der Waals surface area contributed by atoms with Gasteiger partial charge in [-0.2, -0.15) is 0 Å². The van der Waals surface area contributed by atoms with E-state index in [9.17, 15) is 8.78 Å². The molecular formula is C15H16F2N2O. The van der Waals surface area contributed by atoms with Gasteiger partial charge in [-0.1, -0.05) is 5.16 Å². The molecular weight excluding hydrogens is 262 g/mol. The van der Waals surface area contributed by atoms with Crippen molar-refractivity contribution in [1.29, 1.82) is 0 Å². The summed E-state index contributed by atoms with van der Waals surface area (Å²) < 4.78 is 32.5. The topological polar surface area (TPSA) is 29.3 Å². The van der Waals surface area contributed by atoms with Crippen LogP contribution in [0, 0.1) is 25.5 Å². The number of fused-ring (bicyclic) bond motifs is 1. The van der Waals surface area contributed by atoms with Gasteiger partial charge in [0.05, 0.1) is 11.4 Å². The zero-order chi connectivity index (χ0) is 14.3. The summed E-state index contributed by atoms with van der Waals surface area (Å²) in [6.07, 6.45) is 1.60. The predicted octanol–water partition coefficient (Wildman–Crippen LogP) is 3.52. The highest BCUT2D eigenvalue weighted by molar-refractivity contribution is 5.57. The Hall–Kier alpha value is -1.91. The molecule has 0 aliphatic carbocycles. The smallest absolute Gasteiger partial charge is 0.149 e. The molecule has 106 valence electrons. The van der Waals surface area contributed by atoms with Crippen LogP contribution < -0.4 is 4.90 Å². The summed E-state index contributed by atoms with van der Waals surface area (Å²) in [5, 5.41) is 3.92.